The number of carbonyl (C=O) groups excluding carboxylic acids is 2. The molecule has 0 aliphatic carbocycles. The molecule has 1 fully saturated rings. The predicted octanol–water partition coefficient (Wildman–Crippen LogP) is 4.01. The lowest BCUT2D eigenvalue weighted by atomic mass is 10.0. The molecule has 1 atom stereocenters. The second kappa shape index (κ2) is 5.99. The Morgan fingerprint density at radius 1 is 1.00 bits per heavy atom. The third kappa shape index (κ3) is 2.51. The van der Waals surface area contributed by atoms with Crippen LogP contribution in [-0.2, 0) is 0 Å². The van der Waals surface area contributed by atoms with Gasteiger partial charge in [0, 0.05) is 18.7 Å². The van der Waals surface area contributed by atoms with Crippen molar-refractivity contribution in [2.24, 2.45) is 0 Å². The van der Waals surface area contributed by atoms with Gasteiger partial charge in [-0.3, -0.25) is 9.59 Å². The summed E-state index contributed by atoms with van der Waals surface area (Å²) >= 11 is 0. The van der Waals surface area contributed by atoms with Crippen LogP contribution in [0.1, 0.15) is 46.9 Å². The summed E-state index contributed by atoms with van der Waals surface area (Å²) in [7, 11) is 0. The third-order valence-corrected chi connectivity index (χ3v) is 5.10. The van der Waals surface area contributed by atoms with E-state index >= 15 is 0 Å². The van der Waals surface area contributed by atoms with Gasteiger partial charge in [0.1, 0.15) is 5.82 Å². The van der Waals surface area contributed by atoms with Crippen molar-refractivity contribution in [2.45, 2.75) is 32.2 Å². The molecule has 2 amide bonds. The Kier molecular flexibility index (Phi) is 3.79. The van der Waals surface area contributed by atoms with Crippen LogP contribution in [0.3, 0.4) is 0 Å². The lowest BCUT2D eigenvalue weighted by Crippen LogP contribution is -2.38. The molecule has 0 N–H and O–H groups in total. The number of carbonyl (C=O) groups is 2. The quantitative estimate of drug-likeness (QED) is 0.777. The Morgan fingerprint density at radius 3 is 2.28 bits per heavy atom. The normalized spacial score (nSPS) is 20.2. The van der Waals surface area contributed by atoms with Crippen molar-refractivity contribution < 1.29 is 14.0 Å². The van der Waals surface area contributed by atoms with Gasteiger partial charge >= 0.3 is 0 Å². The molecule has 0 bridgehead atoms. The van der Waals surface area contributed by atoms with Gasteiger partial charge in [-0.2, -0.15) is 0 Å². The van der Waals surface area contributed by atoms with Crippen LogP contribution in [0.2, 0.25) is 0 Å². The van der Waals surface area contributed by atoms with Gasteiger partial charge in [-0.15, -0.1) is 0 Å². The number of hydrogen-bond donors (Lipinski definition) is 0. The van der Waals surface area contributed by atoms with E-state index in [0.717, 1.165) is 30.7 Å². The topological polar surface area (TPSA) is 40.6 Å². The number of amides is 2. The molecule has 128 valence electrons. The fourth-order valence-electron chi connectivity index (χ4n) is 3.75. The van der Waals surface area contributed by atoms with Crippen LogP contribution in [0, 0.1) is 5.82 Å². The number of fused-ring (bicyclic) bond motifs is 1. The number of rotatable bonds is 2. The first-order valence-electron chi connectivity index (χ1n) is 8.62. The largest absolute Gasteiger partial charge is 0.366 e. The minimum Gasteiger partial charge on any atom is -0.366 e. The van der Waals surface area contributed by atoms with Gasteiger partial charge in [0.05, 0.1) is 22.5 Å². The molecule has 0 saturated carbocycles. The van der Waals surface area contributed by atoms with Crippen LogP contribution < -0.4 is 9.80 Å². The lowest BCUT2D eigenvalue weighted by molar-refractivity contribution is 0.0926. The minimum atomic E-state index is -0.404. The van der Waals surface area contributed by atoms with E-state index in [0.29, 0.717) is 16.8 Å². The van der Waals surface area contributed by atoms with E-state index in [-0.39, 0.29) is 11.7 Å². The Morgan fingerprint density at radius 2 is 1.68 bits per heavy atom. The maximum Gasteiger partial charge on any atom is 0.266 e. The first-order chi connectivity index (χ1) is 12.1. The van der Waals surface area contributed by atoms with Crippen molar-refractivity contribution in [3.05, 3.63) is 59.4 Å². The van der Waals surface area contributed by atoms with Crippen LogP contribution >= 0.6 is 0 Å². The molecule has 2 aliphatic rings. The van der Waals surface area contributed by atoms with Crippen LogP contribution in [-0.4, -0.2) is 24.4 Å². The van der Waals surface area contributed by atoms with E-state index in [4.69, 9.17) is 0 Å². The molecule has 1 saturated heterocycles. The smallest absolute Gasteiger partial charge is 0.266 e. The van der Waals surface area contributed by atoms with Crippen molar-refractivity contribution in [3.8, 4) is 0 Å². The van der Waals surface area contributed by atoms with E-state index in [1.54, 1.807) is 36.4 Å². The Hall–Kier alpha value is -2.69. The molecule has 2 aromatic rings. The van der Waals surface area contributed by atoms with Gasteiger partial charge in [0.25, 0.3) is 11.8 Å². The van der Waals surface area contributed by atoms with E-state index in [1.807, 2.05) is 0 Å². The molecular formula is C20H19FN2O2. The maximum atomic E-state index is 14.8. The van der Waals surface area contributed by atoms with Gasteiger partial charge in [-0.05, 0) is 50.5 Å². The van der Waals surface area contributed by atoms with E-state index in [9.17, 15) is 14.0 Å². The zero-order chi connectivity index (χ0) is 17.6. The van der Waals surface area contributed by atoms with Crippen molar-refractivity contribution >= 4 is 23.2 Å². The number of hydrogen-bond acceptors (Lipinski definition) is 3. The monoisotopic (exact) mass is 338 g/mol. The van der Waals surface area contributed by atoms with Crippen LogP contribution in [0.15, 0.2) is 42.5 Å². The highest BCUT2D eigenvalue weighted by Crippen LogP contribution is 2.33. The number of halogens is 1. The Balaban J connectivity index is 1.68. The van der Waals surface area contributed by atoms with Crippen molar-refractivity contribution in [1.82, 2.24) is 0 Å². The van der Waals surface area contributed by atoms with E-state index < -0.39 is 17.6 Å². The fourth-order valence-corrected chi connectivity index (χ4v) is 3.75. The molecule has 4 nitrogen and oxygen atoms in total. The molecule has 1 unspecified atom stereocenters. The number of nitrogens with zero attached hydrogens (tertiary/aromatic N) is 2. The van der Waals surface area contributed by atoms with Gasteiger partial charge in [-0.25, -0.2) is 9.29 Å². The first-order valence-corrected chi connectivity index (χ1v) is 8.62. The molecular weight excluding hydrogens is 319 g/mol. The first kappa shape index (κ1) is 15.8. The highest BCUT2D eigenvalue weighted by molar-refractivity contribution is 6.34. The average Bonchev–Trinajstić information content (AvgIpc) is 2.87. The molecule has 25 heavy (non-hydrogen) atoms. The second-order valence-electron chi connectivity index (χ2n) is 6.67. The molecule has 2 aliphatic heterocycles. The van der Waals surface area contributed by atoms with Crippen LogP contribution in [0.5, 0.6) is 0 Å². The Labute approximate surface area is 145 Å². The molecule has 5 heteroatoms. The predicted molar refractivity (Wildman–Crippen MR) is 94.6 cm³/mol. The average molecular weight is 338 g/mol. The summed E-state index contributed by atoms with van der Waals surface area (Å²) < 4.78 is 14.8. The van der Waals surface area contributed by atoms with E-state index in [1.165, 1.54) is 6.07 Å². The number of piperidine rings is 1. The minimum absolute atomic E-state index is 0.275. The van der Waals surface area contributed by atoms with Crippen molar-refractivity contribution in [3.63, 3.8) is 0 Å². The third-order valence-electron chi connectivity index (χ3n) is 5.10. The van der Waals surface area contributed by atoms with E-state index in [2.05, 4.69) is 11.8 Å². The second-order valence-corrected chi connectivity index (χ2v) is 6.67. The molecule has 2 aromatic carbocycles. The molecule has 0 spiro atoms. The SMILES string of the molecule is CC1CCCCN1c1ccc(N2C(=O)c3ccccc3C2=O)cc1F. The van der Waals surface area contributed by atoms with Gasteiger partial charge in [-0.1, -0.05) is 12.1 Å². The fraction of sp³-hybridized carbons (Fsp3) is 0.300. The van der Waals surface area contributed by atoms with Crippen LogP contribution in [0.4, 0.5) is 15.8 Å². The van der Waals surface area contributed by atoms with Crippen molar-refractivity contribution in [2.75, 3.05) is 16.3 Å². The zero-order valence-electron chi connectivity index (χ0n) is 14.0. The Bertz CT molecular complexity index is 830. The number of imide groups is 1. The van der Waals surface area contributed by atoms with Crippen molar-refractivity contribution in [1.29, 1.82) is 0 Å². The summed E-state index contributed by atoms with van der Waals surface area (Å²) in [6.45, 7) is 2.92. The highest BCUT2D eigenvalue weighted by Gasteiger charge is 2.36. The summed E-state index contributed by atoms with van der Waals surface area (Å²) in [6.07, 6.45) is 3.25. The van der Waals surface area contributed by atoms with Gasteiger partial charge < -0.3 is 4.90 Å². The maximum absolute atomic E-state index is 14.8. The molecule has 2 heterocycles. The summed E-state index contributed by atoms with van der Waals surface area (Å²) in [6, 6.07) is 11.6. The molecule has 0 radical (unpaired) electrons. The summed E-state index contributed by atoms with van der Waals surface area (Å²) in [5.41, 5.74) is 1.54. The lowest BCUT2D eigenvalue weighted by Gasteiger charge is -2.35. The molecule has 0 aromatic heterocycles. The summed E-state index contributed by atoms with van der Waals surface area (Å²) in [5, 5.41) is 0. The molecule has 4 rings (SSSR count). The summed E-state index contributed by atoms with van der Waals surface area (Å²) in [5.74, 6) is -1.21. The zero-order valence-corrected chi connectivity index (χ0v) is 14.0. The number of anilines is 2. The standard InChI is InChI=1S/C20H19FN2O2/c1-13-6-4-5-11-22(13)18-10-9-14(12-17(18)21)23-19(24)15-7-2-3-8-16(15)20(23)25/h2-3,7-10,12-13H,4-6,11H2,1H3. The van der Waals surface area contributed by atoms with Crippen LogP contribution in [0.25, 0.3) is 0 Å². The highest BCUT2D eigenvalue weighted by atomic mass is 19.1. The summed E-state index contributed by atoms with van der Waals surface area (Å²) in [4.78, 5) is 28.2. The van der Waals surface area contributed by atoms with Gasteiger partial charge in [0.15, 0.2) is 0 Å². The number of benzene rings is 2. The van der Waals surface area contributed by atoms with Gasteiger partial charge in [0.2, 0.25) is 0 Å².